The summed E-state index contributed by atoms with van der Waals surface area (Å²) in [6, 6.07) is 3.39. The van der Waals surface area contributed by atoms with Crippen LogP contribution in [0.2, 0.25) is 0 Å². The second kappa shape index (κ2) is 10.0. The van der Waals surface area contributed by atoms with Crippen molar-refractivity contribution in [3.8, 4) is 0 Å². The zero-order valence-corrected chi connectivity index (χ0v) is 21.1. The summed E-state index contributed by atoms with van der Waals surface area (Å²) in [5, 5.41) is 18.3. The number of anilines is 3. The van der Waals surface area contributed by atoms with Gasteiger partial charge in [0, 0.05) is 25.3 Å². The predicted octanol–water partition coefficient (Wildman–Crippen LogP) is 4.59. The van der Waals surface area contributed by atoms with Crippen LogP contribution in [0.25, 0.3) is 10.2 Å². The molecule has 0 aromatic carbocycles. The van der Waals surface area contributed by atoms with Crippen LogP contribution in [0.1, 0.15) is 44.0 Å². The maximum atomic E-state index is 13.3. The van der Waals surface area contributed by atoms with Gasteiger partial charge in [-0.15, -0.1) is 11.3 Å². The van der Waals surface area contributed by atoms with Gasteiger partial charge in [-0.3, -0.25) is 15.1 Å². The largest absolute Gasteiger partial charge is 0.465 e. The van der Waals surface area contributed by atoms with Crippen molar-refractivity contribution >= 4 is 66.9 Å². The number of thiophene rings is 1. The SMILES string of the molecule is CC(C)(C)OC(=O)N[C@H]1CCCN(c2sncc2NC(=O)c2c(NC(=O)O)sc3cccnc23)C1. The average molecular weight is 519 g/mol. The molecule has 4 N–H and O–H groups in total. The first-order valence-corrected chi connectivity index (χ1v) is 12.6. The molecular weight excluding hydrogens is 492 g/mol. The van der Waals surface area contributed by atoms with E-state index in [4.69, 9.17) is 4.74 Å². The lowest BCUT2D eigenvalue weighted by Crippen LogP contribution is -2.49. The summed E-state index contributed by atoms with van der Waals surface area (Å²) in [7, 11) is 0. The Kier molecular flexibility index (Phi) is 7.08. The zero-order valence-electron chi connectivity index (χ0n) is 19.5. The number of nitrogens with one attached hydrogen (secondary N) is 3. The fourth-order valence-electron chi connectivity index (χ4n) is 3.81. The molecule has 0 unspecified atom stereocenters. The van der Waals surface area contributed by atoms with Crippen molar-refractivity contribution in [1.29, 1.82) is 0 Å². The Hall–Kier alpha value is -3.45. The normalized spacial score (nSPS) is 16.1. The molecular formula is C22H26N6O5S2. The van der Waals surface area contributed by atoms with Crippen molar-refractivity contribution in [2.75, 3.05) is 28.6 Å². The van der Waals surface area contributed by atoms with Crippen LogP contribution in [0.5, 0.6) is 0 Å². The molecule has 1 atom stereocenters. The topological polar surface area (TPSA) is 146 Å². The van der Waals surface area contributed by atoms with Crippen LogP contribution in [0.4, 0.5) is 25.3 Å². The van der Waals surface area contributed by atoms with Crippen LogP contribution < -0.4 is 20.9 Å². The molecule has 11 nitrogen and oxygen atoms in total. The molecule has 1 saturated heterocycles. The average Bonchev–Trinajstić information content (AvgIpc) is 3.36. The third kappa shape index (κ3) is 5.98. The molecule has 0 radical (unpaired) electrons. The number of nitrogens with zero attached hydrogens (tertiary/aromatic N) is 3. The quantitative estimate of drug-likeness (QED) is 0.384. The van der Waals surface area contributed by atoms with Gasteiger partial charge in [0.05, 0.1) is 22.1 Å². The fourth-order valence-corrected chi connectivity index (χ4v) is 5.60. The van der Waals surface area contributed by atoms with E-state index in [9.17, 15) is 19.5 Å². The first-order valence-electron chi connectivity index (χ1n) is 11.0. The van der Waals surface area contributed by atoms with Crippen molar-refractivity contribution < 1.29 is 24.2 Å². The van der Waals surface area contributed by atoms with E-state index in [2.05, 4.69) is 30.2 Å². The molecule has 35 heavy (non-hydrogen) atoms. The molecule has 1 aliphatic rings. The number of carbonyl (C=O) groups excluding carboxylic acids is 2. The Balaban J connectivity index is 1.51. The van der Waals surface area contributed by atoms with Gasteiger partial charge in [-0.2, -0.15) is 4.37 Å². The Bertz CT molecular complexity index is 1250. The van der Waals surface area contributed by atoms with Crippen molar-refractivity contribution in [3.63, 3.8) is 0 Å². The number of aromatic nitrogens is 2. The van der Waals surface area contributed by atoms with Gasteiger partial charge in [0.2, 0.25) is 0 Å². The van der Waals surface area contributed by atoms with Gasteiger partial charge in [-0.05, 0) is 57.3 Å². The lowest BCUT2D eigenvalue weighted by Gasteiger charge is -2.34. The molecule has 3 aromatic rings. The minimum absolute atomic E-state index is 0.111. The summed E-state index contributed by atoms with van der Waals surface area (Å²) >= 11 is 2.38. The number of amides is 3. The maximum absolute atomic E-state index is 13.3. The van der Waals surface area contributed by atoms with Crippen LogP contribution >= 0.6 is 22.9 Å². The predicted molar refractivity (Wildman–Crippen MR) is 136 cm³/mol. The van der Waals surface area contributed by atoms with Gasteiger partial charge in [-0.25, -0.2) is 9.59 Å². The van der Waals surface area contributed by atoms with Gasteiger partial charge < -0.3 is 25.4 Å². The molecule has 0 aliphatic carbocycles. The Morgan fingerprint density at radius 2 is 2.06 bits per heavy atom. The highest BCUT2D eigenvalue weighted by atomic mass is 32.1. The standard InChI is InChI=1S/C22H26N6O5S2/c1-22(2,3)33-21(32)25-12-6-5-9-28(11-12)19-13(10-24-35-19)26-17(29)15-16-14(7-4-8-23-16)34-18(15)27-20(30)31/h4,7-8,10,12,27H,5-6,9,11H2,1-3H3,(H,25,32)(H,26,29)(H,30,31)/t12-/m0/s1. The second-order valence-electron chi connectivity index (χ2n) is 9.02. The zero-order chi connectivity index (χ0) is 25.2. The van der Waals surface area contributed by atoms with Gasteiger partial charge in [-0.1, -0.05) is 0 Å². The first kappa shape index (κ1) is 24.7. The molecule has 4 rings (SSSR count). The number of pyridine rings is 1. The minimum atomic E-state index is -1.26. The Labute approximate surface area is 209 Å². The molecule has 0 bridgehead atoms. The van der Waals surface area contributed by atoms with E-state index < -0.39 is 23.7 Å². The third-order valence-corrected chi connectivity index (χ3v) is 7.04. The highest BCUT2D eigenvalue weighted by Gasteiger charge is 2.28. The number of hydrogen-bond donors (Lipinski definition) is 4. The summed E-state index contributed by atoms with van der Waals surface area (Å²) in [5.41, 5.74) is 0.508. The minimum Gasteiger partial charge on any atom is -0.465 e. The summed E-state index contributed by atoms with van der Waals surface area (Å²) in [6.45, 7) is 6.73. The maximum Gasteiger partial charge on any atom is 0.409 e. The number of carbonyl (C=O) groups is 3. The van der Waals surface area contributed by atoms with Crippen molar-refractivity contribution in [2.24, 2.45) is 0 Å². The van der Waals surface area contributed by atoms with Crippen LogP contribution in [0.3, 0.4) is 0 Å². The first-order chi connectivity index (χ1) is 16.6. The molecule has 13 heteroatoms. The Morgan fingerprint density at radius 3 is 2.80 bits per heavy atom. The van der Waals surface area contributed by atoms with Gasteiger partial charge >= 0.3 is 12.2 Å². The molecule has 3 amide bonds. The molecule has 4 heterocycles. The Morgan fingerprint density at radius 1 is 1.26 bits per heavy atom. The summed E-state index contributed by atoms with van der Waals surface area (Å²) < 4.78 is 10.3. The van der Waals surface area contributed by atoms with E-state index in [0.717, 1.165) is 35.7 Å². The second-order valence-corrected chi connectivity index (χ2v) is 10.8. The number of piperidine rings is 1. The highest BCUT2D eigenvalue weighted by Crippen LogP contribution is 2.37. The number of ether oxygens (including phenoxy) is 1. The molecule has 0 saturated carbocycles. The lowest BCUT2D eigenvalue weighted by atomic mass is 10.1. The van der Waals surface area contributed by atoms with Gasteiger partial charge in [0.1, 0.15) is 21.2 Å². The van der Waals surface area contributed by atoms with Gasteiger partial charge in [0.15, 0.2) is 0 Å². The van der Waals surface area contributed by atoms with E-state index >= 15 is 0 Å². The number of alkyl carbamates (subject to hydrolysis) is 1. The van der Waals surface area contributed by atoms with E-state index in [0.29, 0.717) is 22.4 Å². The molecule has 3 aromatic heterocycles. The highest BCUT2D eigenvalue weighted by molar-refractivity contribution is 7.23. The van der Waals surface area contributed by atoms with E-state index in [1.807, 2.05) is 20.8 Å². The monoisotopic (exact) mass is 518 g/mol. The molecule has 0 spiro atoms. The smallest absolute Gasteiger partial charge is 0.409 e. The fraction of sp³-hybridized carbons (Fsp3) is 0.409. The summed E-state index contributed by atoms with van der Waals surface area (Å²) in [4.78, 5) is 43.1. The van der Waals surface area contributed by atoms with Crippen molar-refractivity contribution in [3.05, 3.63) is 30.1 Å². The van der Waals surface area contributed by atoms with Crippen LogP contribution in [-0.2, 0) is 4.74 Å². The number of fused-ring (bicyclic) bond motifs is 1. The van der Waals surface area contributed by atoms with Crippen LogP contribution in [-0.4, -0.2) is 57.3 Å². The van der Waals surface area contributed by atoms with E-state index in [1.54, 1.807) is 24.5 Å². The van der Waals surface area contributed by atoms with Crippen molar-refractivity contribution in [2.45, 2.75) is 45.3 Å². The number of carboxylic acid groups (broad SMARTS) is 1. The lowest BCUT2D eigenvalue weighted by molar-refractivity contribution is 0.0500. The molecule has 1 aliphatic heterocycles. The molecule has 1 fully saturated rings. The molecule has 186 valence electrons. The number of hydrogen-bond acceptors (Lipinski definition) is 9. The van der Waals surface area contributed by atoms with E-state index in [1.165, 1.54) is 11.5 Å². The van der Waals surface area contributed by atoms with Crippen LogP contribution in [0.15, 0.2) is 24.5 Å². The van der Waals surface area contributed by atoms with E-state index in [-0.39, 0.29) is 16.6 Å². The van der Waals surface area contributed by atoms with Crippen LogP contribution in [0, 0.1) is 0 Å². The summed E-state index contributed by atoms with van der Waals surface area (Å²) in [6.07, 6.45) is 3.05. The third-order valence-electron chi connectivity index (χ3n) is 5.12. The van der Waals surface area contributed by atoms with Crippen molar-refractivity contribution in [1.82, 2.24) is 14.7 Å². The van der Waals surface area contributed by atoms with Gasteiger partial charge in [0.25, 0.3) is 5.91 Å². The summed E-state index contributed by atoms with van der Waals surface area (Å²) in [5.74, 6) is -0.486. The number of rotatable bonds is 5.